The zero-order chi connectivity index (χ0) is 14.5. The number of benzene rings is 2. The van der Waals surface area contributed by atoms with Crippen LogP contribution in [0.15, 0.2) is 42.5 Å². The number of aromatic hydroxyl groups is 1. The molecule has 2 rings (SSSR count). The van der Waals surface area contributed by atoms with Gasteiger partial charge in [0, 0.05) is 10.6 Å². The third-order valence-electron chi connectivity index (χ3n) is 2.79. The van der Waals surface area contributed by atoms with Crippen molar-refractivity contribution < 1.29 is 24.1 Å². The first kappa shape index (κ1) is 13.9. The Morgan fingerprint density at radius 1 is 1.25 bits per heavy atom. The minimum absolute atomic E-state index is 0.0203. The van der Waals surface area contributed by atoms with Crippen LogP contribution in [0.5, 0.6) is 17.2 Å². The molecular formula is C15H13FO4. The van der Waals surface area contributed by atoms with Crippen molar-refractivity contribution in [2.24, 2.45) is 0 Å². The molecule has 5 heteroatoms. The predicted octanol–water partition coefficient (Wildman–Crippen LogP) is 3.79. The highest BCUT2D eigenvalue weighted by Crippen LogP contribution is 2.29. The number of hydrogen-bond donors (Lipinski definition) is 1. The molecule has 0 spiro atoms. The van der Waals surface area contributed by atoms with Crippen molar-refractivity contribution in [1.29, 1.82) is 0 Å². The minimum Gasteiger partial charge on any atom is -0.508 e. The average Bonchev–Trinajstić information content (AvgIpc) is 2.46. The summed E-state index contributed by atoms with van der Waals surface area (Å²) < 4.78 is 17.6. The highest BCUT2D eigenvalue weighted by Gasteiger charge is 2.16. The van der Waals surface area contributed by atoms with Crippen molar-refractivity contribution in [3.63, 3.8) is 0 Å². The first-order valence-corrected chi connectivity index (χ1v) is 6.06. The van der Waals surface area contributed by atoms with Gasteiger partial charge >= 0.3 is 5.97 Å². The number of phenolic OH excluding ortho intramolecular Hbond substituents is 1. The molecule has 0 aliphatic rings. The second-order valence-corrected chi connectivity index (χ2v) is 4.15. The van der Waals surface area contributed by atoms with Gasteiger partial charge in [0.1, 0.15) is 22.8 Å². The number of carbonyl (C=O) groups is 1. The Bertz CT molecular complexity index is 625. The number of rotatable bonds is 4. The summed E-state index contributed by atoms with van der Waals surface area (Å²) in [5, 5.41) is 9.38. The van der Waals surface area contributed by atoms with Gasteiger partial charge in [-0.15, -0.1) is 0 Å². The summed E-state index contributed by atoms with van der Waals surface area (Å²) in [6.45, 7) is 1.95. The monoisotopic (exact) mass is 276 g/mol. The topological polar surface area (TPSA) is 55.8 Å². The van der Waals surface area contributed by atoms with E-state index in [9.17, 15) is 14.4 Å². The Kier molecular flexibility index (Phi) is 4.20. The van der Waals surface area contributed by atoms with Crippen LogP contribution in [0.4, 0.5) is 4.53 Å². The average molecular weight is 276 g/mol. The van der Waals surface area contributed by atoms with Crippen LogP contribution >= 0.6 is 0 Å². The molecule has 2 aromatic carbocycles. The van der Waals surface area contributed by atoms with Crippen LogP contribution in [-0.4, -0.2) is 11.1 Å². The number of carbonyl (C=O) groups excluding carboxylic acids is 1. The molecule has 0 atom stereocenters. The van der Waals surface area contributed by atoms with Gasteiger partial charge in [-0.1, -0.05) is 19.1 Å². The molecule has 1 N–H and O–H groups in total. The van der Waals surface area contributed by atoms with Gasteiger partial charge in [0.25, 0.3) is 0 Å². The minimum atomic E-state index is -1.12. The Morgan fingerprint density at radius 3 is 2.70 bits per heavy atom. The van der Waals surface area contributed by atoms with Crippen LogP contribution in [0.2, 0.25) is 0 Å². The number of ether oxygens (including phenoxy) is 1. The van der Waals surface area contributed by atoms with E-state index in [-0.39, 0.29) is 17.1 Å². The Balaban J connectivity index is 2.39. The molecule has 0 aliphatic carbocycles. The van der Waals surface area contributed by atoms with Crippen LogP contribution in [0, 0.1) is 0 Å². The molecule has 104 valence electrons. The van der Waals surface area contributed by atoms with E-state index in [1.807, 2.05) is 6.92 Å². The van der Waals surface area contributed by atoms with Gasteiger partial charge in [-0.05, 0) is 36.2 Å². The van der Waals surface area contributed by atoms with Gasteiger partial charge in [0.2, 0.25) is 0 Å². The van der Waals surface area contributed by atoms with Gasteiger partial charge in [0.05, 0.1) is 0 Å². The van der Waals surface area contributed by atoms with Crippen molar-refractivity contribution in [2.75, 3.05) is 0 Å². The summed E-state index contributed by atoms with van der Waals surface area (Å²) in [5.74, 6) is -0.574. The number of hydrogen-bond acceptors (Lipinski definition) is 4. The summed E-state index contributed by atoms with van der Waals surface area (Å²) in [6.07, 6.45) is 0.737. The summed E-state index contributed by atoms with van der Waals surface area (Å²) >= 11 is 0. The fraction of sp³-hybridized carbons (Fsp3) is 0.133. The molecule has 0 aromatic heterocycles. The summed E-state index contributed by atoms with van der Waals surface area (Å²) in [7, 11) is 0. The molecule has 0 bridgehead atoms. The maximum atomic E-state index is 12.1. The molecule has 0 fully saturated rings. The van der Waals surface area contributed by atoms with Crippen molar-refractivity contribution >= 4 is 5.97 Å². The molecule has 0 unspecified atom stereocenters. The van der Waals surface area contributed by atoms with E-state index in [1.165, 1.54) is 18.2 Å². The molecule has 0 heterocycles. The van der Waals surface area contributed by atoms with Gasteiger partial charge in [-0.3, -0.25) is 0 Å². The van der Waals surface area contributed by atoms with E-state index in [4.69, 9.17) is 4.74 Å². The Labute approximate surface area is 115 Å². The van der Waals surface area contributed by atoms with Gasteiger partial charge in [-0.25, -0.2) is 9.74 Å². The van der Waals surface area contributed by atoms with Crippen LogP contribution in [0.25, 0.3) is 0 Å². The summed E-state index contributed by atoms with van der Waals surface area (Å²) in [5.41, 5.74) is 0.906. The lowest BCUT2D eigenvalue weighted by Gasteiger charge is -2.10. The van der Waals surface area contributed by atoms with Crippen LogP contribution in [0.3, 0.4) is 0 Å². The lowest BCUT2D eigenvalue weighted by atomic mass is 10.1. The van der Waals surface area contributed by atoms with Crippen LogP contribution < -0.4 is 4.74 Å². The fourth-order valence-electron chi connectivity index (χ4n) is 1.76. The largest absolute Gasteiger partial charge is 0.508 e. The molecule has 0 saturated carbocycles. The lowest BCUT2D eigenvalue weighted by Crippen LogP contribution is -2.02. The normalized spacial score (nSPS) is 10.1. The number of phenols is 1. The third-order valence-corrected chi connectivity index (χ3v) is 2.79. The van der Waals surface area contributed by atoms with E-state index in [1.54, 1.807) is 24.3 Å². The molecule has 2 aromatic rings. The molecule has 0 radical (unpaired) electrons. The maximum Gasteiger partial charge on any atom is 0.383 e. The zero-order valence-corrected chi connectivity index (χ0v) is 10.8. The standard InChI is InChI=1S/C15H13FO4/c1-2-10-6-7-13(15(18)20-16)14(8-10)19-12-5-3-4-11(17)9-12/h3-9,17H,2H2,1H3. The number of halogens is 1. The van der Waals surface area contributed by atoms with E-state index < -0.39 is 5.97 Å². The molecule has 20 heavy (non-hydrogen) atoms. The van der Waals surface area contributed by atoms with Crippen molar-refractivity contribution in [1.82, 2.24) is 0 Å². The molecular weight excluding hydrogens is 263 g/mol. The van der Waals surface area contributed by atoms with Crippen molar-refractivity contribution in [3.8, 4) is 17.2 Å². The second kappa shape index (κ2) is 6.06. The first-order valence-electron chi connectivity index (χ1n) is 6.06. The smallest absolute Gasteiger partial charge is 0.383 e. The van der Waals surface area contributed by atoms with E-state index >= 15 is 0 Å². The highest BCUT2D eigenvalue weighted by atomic mass is 19.3. The van der Waals surface area contributed by atoms with Crippen molar-refractivity contribution in [3.05, 3.63) is 53.6 Å². The molecule has 0 amide bonds. The Hall–Kier alpha value is -2.56. The van der Waals surface area contributed by atoms with E-state index in [0.717, 1.165) is 12.0 Å². The van der Waals surface area contributed by atoms with Crippen molar-refractivity contribution in [2.45, 2.75) is 13.3 Å². The van der Waals surface area contributed by atoms with E-state index in [0.29, 0.717) is 5.75 Å². The van der Waals surface area contributed by atoms with E-state index in [2.05, 4.69) is 4.94 Å². The maximum absolute atomic E-state index is 12.1. The summed E-state index contributed by atoms with van der Waals surface area (Å²) in [6, 6.07) is 10.9. The molecule has 0 saturated heterocycles. The lowest BCUT2D eigenvalue weighted by molar-refractivity contribution is -0.0789. The summed E-state index contributed by atoms with van der Waals surface area (Å²) in [4.78, 5) is 14.6. The quantitative estimate of drug-likeness (QED) is 0.923. The zero-order valence-electron chi connectivity index (χ0n) is 10.8. The van der Waals surface area contributed by atoms with Crippen LogP contribution in [-0.2, 0) is 11.4 Å². The second-order valence-electron chi connectivity index (χ2n) is 4.15. The van der Waals surface area contributed by atoms with Gasteiger partial charge < -0.3 is 9.84 Å². The third kappa shape index (κ3) is 3.06. The highest BCUT2D eigenvalue weighted by molar-refractivity contribution is 5.92. The molecule has 0 aliphatic heterocycles. The van der Waals surface area contributed by atoms with Gasteiger partial charge in [-0.2, -0.15) is 0 Å². The Morgan fingerprint density at radius 2 is 2.05 bits per heavy atom. The van der Waals surface area contributed by atoms with Gasteiger partial charge in [0.15, 0.2) is 0 Å². The first-order chi connectivity index (χ1) is 9.63. The number of aryl methyl sites for hydroxylation is 1. The van der Waals surface area contributed by atoms with Crippen LogP contribution in [0.1, 0.15) is 22.8 Å². The SMILES string of the molecule is CCc1ccc(C(=O)OF)c(Oc2cccc(O)c2)c1. The fourth-order valence-corrected chi connectivity index (χ4v) is 1.76. The molecule has 4 nitrogen and oxygen atoms in total. The predicted molar refractivity (Wildman–Crippen MR) is 70.5 cm³/mol.